The average molecular weight is 213 g/mol. The smallest absolute Gasteiger partial charge is 0.126 e. The Morgan fingerprint density at radius 1 is 1.45 bits per heavy atom. The molecular formula is C8H9BrN2. The lowest BCUT2D eigenvalue weighted by atomic mass is 10.2. The standard InChI is InChI=1S/C8H9BrN2/c1-11-8(10)6-4-2-3-5-7(6)9/h2-5H,1H3,(H2,10,11). The van der Waals surface area contributed by atoms with E-state index in [0.717, 1.165) is 10.0 Å². The Hall–Kier alpha value is -0.830. The SMILES string of the molecule is CN=C(N)c1ccccc1Br. The lowest BCUT2D eigenvalue weighted by molar-refractivity contribution is 1.38. The summed E-state index contributed by atoms with van der Waals surface area (Å²) in [7, 11) is 1.68. The van der Waals surface area contributed by atoms with Crippen LogP contribution in [0.2, 0.25) is 0 Å². The van der Waals surface area contributed by atoms with E-state index in [0.29, 0.717) is 5.84 Å². The summed E-state index contributed by atoms with van der Waals surface area (Å²) in [4.78, 5) is 3.88. The van der Waals surface area contributed by atoms with Gasteiger partial charge in [0.2, 0.25) is 0 Å². The number of amidine groups is 1. The zero-order valence-corrected chi connectivity index (χ0v) is 7.80. The number of nitrogens with zero attached hydrogens (tertiary/aromatic N) is 1. The zero-order valence-electron chi connectivity index (χ0n) is 6.21. The largest absolute Gasteiger partial charge is 0.383 e. The molecule has 0 aliphatic heterocycles. The third-order valence-electron chi connectivity index (χ3n) is 1.39. The van der Waals surface area contributed by atoms with Crippen LogP contribution >= 0.6 is 15.9 Å². The predicted molar refractivity (Wildman–Crippen MR) is 50.8 cm³/mol. The second-order valence-corrected chi connectivity index (χ2v) is 2.94. The molecule has 0 aliphatic rings. The number of benzene rings is 1. The first kappa shape index (κ1) is 8.27. The van der Waals surface area contributed by atoms with Gasteiger partial charge in [0.25, 0.3) is 0 Å². The molecule has 0 heterocycles. The highest BCUT2D eigenvalue weighted by Crippen LogP contribution is 2.14. The Morgan fingerprint density at radius 2 is 2.09 bits per heavy atom. The quantitative estimate of drug-likeness (QED) is 0.560. The second-order valence-electron chi connectivity index (χ2n) is 2.09. The van der Waals surface area contributed by atoms with Gasteiger partial charge in [-0.05, 0) is 6.07 Å². The lowest BCUT2D eigenvalue weighted by Gasteiger charge is -2.00. The summed E-state index contributed by atoms with van der Waals surface area (Å²) in [6, 6.07) is 7.73. The van der Waals surface area contributed by atoms with E-state index in [1.54, 1.807) is 7.05 Å². The summed E-state index contributed by atoms with van der Waals surface area (Å²) >= 11 is 3.38. The Labute approximate surface area is 74.3 Å². The van der Waals surface area contributed by atoms with Crippen LogP contribution in [0.4, 0.5) is 0 Å². The molecule has 0 unspecified atom stereocenters. The van der Waals surface area contributed by atoms with Gasteiger partial charge in [0.15, 0.2) is 0 Å². The molecule has 0 aliphatic carbocycles. The highest BCUT2D eigenvalue weighted by Gasteiger charge is 1.99. The highest BCUT2D eigenvalue weighted by atomic mass is 79.9. The first-order chi connectivity index (χ1) is 5.25. The van der Waals surface area contributed by atoms with Gasteiger partial charge in [-0.2, -0.15) is 0 Å². The van der Waals surface area contributed by atoms with Crippen LogP contribution in [0.1, 0.15) is 5.56 Å². The molecule has 0 atom stereocenters. The number of hydrogen-bond acceptors (Lipinski definition) is 1. The molecule has 0 saturated heterocycles. The molecule has 0 amide bonds. The molecule has 0 spiro atoms. The summed E-state index contributed by atoms with van der Waals surface area (Å²) in [5, 5.41) is 0. The van der Waals surface area contributed by atoms with Gasteiger partial charge in [0, 0.05) is 17.1 Å². The molecule has 2 N–H and O–H groups in total. The van der Waals surface area contributed by atoms with Crippen LogP contribution < -0.4 is 5.73 Å². The van der Waals surface area contributed by atoms with Crippen molar-refractivity contribution in [2.75, 3.05) is 7.05 Å². The number of halogens is 1. The van der Waals surface area contributed by atoms with Gasteiger partial charge < -0.3 is 5.73 Å². The summed E-state index contributed by atoms with van der Waals surface area (Å²) < 4.78 is 0.975. The third-order valence-corrected chi connectivity index (χ3v) is 2.08. The molecule has 1 aromatic rings. The minimum Gasteiger partial charge on any atom is -0.383 e. The van der Waals surface area contributed by atoms with E-state index in [1.165, 1.54) is 0 Å². The van der Waals surface area contributed by atoms with Crippen LogP contribution in [0.15, 0.2) is 33.7 Å². The summed E-state index contributed by atoms with van der Waals surface area (Å²) in [6.45, 7) is 0. The molecular weight excluding hydrogens is 204 g/mol. The number of nitrogens with two attached hydrogens (primary N) is 1. The monoisotopic (exact) mass is 212 g/mol. The van der Waals surface area contributed by atoms with E-state index in [-0.39, 0.29) is 0 Å². The fourth-order valence-electron chi connectivity index (χ4n) is 0.789. The Kier molecular flexibility index (Phi) is 2.65. The van der Waals surface area contributed by atoms with Gasteiger partial charge in [-0.15, -0.1) is 0 Å². The first-order valence-electron chi connectivity index (χ1n) is 3.23. The normalized spacial score (nSPS) is 11.6. The maximum Gasteiger partial charge on any atom is 0.126 e. The van der Waals surface area contributed by atoms with Crippen LogP contribution in [0.25, 0.3) is 0 Å². The van der Waals surface area contributed by atoms with Crippen LogP contribution in [0.5, 0.6) is 0 Å². The van der Waals surface area contributed by atoms with Gasteiger partial charge in [0.05, 0.1) is 0 Å². The van der Waals surface area contributed by atoms with E-state index in [4.69, 9.17) is 5.73 Å². The maximum atomic E-state index is 5.62. The van der Waals surface area contributed by atoms with Crippen molar-refractivity contribution >= 4 is 21.8 Å². The average Bonchev–Trinajstić information content (AvgIpc) is 2.04. The van der Waals surface area contributed by atoms with E-state index < -0.39 is 0 Å². The minimum atomic E-state index is 0.553. The fourth-order valence-corrected chi connectivity index (χ4v) is 1.28. The Balaban J connectivity index is 3.14. The van der Waals surface area contributed by atoms with Crippen molar-refractivity contribution in [1.29, 1.82) is 0 Å². The fraction of sp³-hybridized carbons (Fsp3) is 0.125. The third kappa shape index (κ3) is 1.80. The van der Waals surface area contributed by atoms with Crippen molar-refractivity contribution in [3.05, 3.63) is 34.3 Å². The second kappa shape index (κ2) is 3.53. The zero-order chi connectivity index (χ0) is 8.27. The lowest BCUT2D eigenvalue weighted by Crippen LogP contribution is -2.13. The number of rotatable bonds is 1. The summed E-state index contributed by atoms with van der Waals surface area (Å²) in [6.07, 6.45) is 0. The molecule has 3 heteroatoms. The van der Waals surface area contributed by atoms with Gasteiger partial charge in [-0.25, -0.2) is 0 Å². The minimum absolute atomic E-state index is 0.553. The van der Waals surface area contributed by atoms with Crippen LogP contribution in [0, 0.1) is 0 Å². The Morgan fingerprint density at radius 3 is 2.64 bits per heavy atom. The molecule has 2 nitrogen and oxygen atoms in total. The molecule has 1 aromatic carbocycles. The summed E-state index contributed by atoms with van der Waals surface area (Å²) in [5.74, 6) is 0.553. The van der Waals surface area contributed by atoms with E-state index >= 15 is 0 Å². The summed E-state index contributed by atoms with van der Waals surface area (Å²) in [5.41, 5.74) is 6.55. The highest BCUT2D eigenvalue weighted by molar-refractivity contribution is 9.10. The molecule has 0 bridgehead atoms. The number of aliphatic imine (C=N–C) groups is 1. The molecule has 1 rings (SSSR count). The molecule has 0 aromatic heterocycles. The molecule has 11 heavy (non-hydrogen) atoms. The predicted octanol–water partition coefficient (Wildman–Crippen LogP) is 1.78. The van der Waals surface area contributed by atoms with Gasteiger partial charge in [0.1, 0.15) is 5.84 Å². The van der Waals surface area contributed by atoms with Crippen molar-refractivity contribution < 1.29 is 0 Å². The maximum absolute atomic E-state index is 5.62. The van der Waals surface area contributed by atoms with Crippen molar-refractivity contribution in [2.45, 2.75) is 0 Å². The van der Waals surface area contributed by atoms with Crippen molar-refractivity contribution in [3.8, 4) is 0 Å². The van der Waals surface area contributed by atoms with Crippen LogP contribution in [0.3, 0.4) is 0 Å². The molecule has 0 radical (unpaired) electrons. The van der Waals surface area contributed by atoms with Gasteiger partial charge in [-0.1, -0.05) is 34.1 Å². The van der Waals surface area contributed by atoms with E-state index in [1.807, 2.05) is 24.3 Å². The van der Waals surface area contributed by atoms with Crippen LogP contribution in [-0.4, -0.2) is 12.9 Å². The molecule has 58 valence electrons. The van der Waals surface area contributed by atoms with Crippen molar-refractivity contribution in [2.24, 2.45) is 10.7 Å². The molecule has 0 saturated carbocycles. The van der Waals surface area contributed by atoms with Crippen molar-refractivity contribution in [1.82, 2.24) is 0 Å². The van der Waals surface area contributed by atoms with E-state index in [2.05, 4.69) is 20.9 Å². The van der Waals surface area contributed by atoms with Gasteiger partial charge >= 0.3 is 0 Å². The number of hydrogen-bond donors (Lipinski definition) is 1. The molecule has 0 fully saturated rings. The Bertz CT molecular complexity index is 281. The van der Waals surface area contributed by atoms with E-state index in [9.17, 15) is 0 Å². The van der Waals surface area contributed by atoms with Gasteiger partial charge in [-0.3, -0.25) is 4.99 Å². The van der Waals surface area contributed by atoms with Crippen LogP contribution in [-0.2, 0) is 0 Å². The van der Waals surface area contributed by atoms with Crippen molar-refractivity contribution in [3.63, 3.8) is 0 Å². The topological polar surface area (TPSA) is 38.4 Å². The first-order valence-corrected chi connectivity index (χ1v) is 4.02.